The summed E-state index contributed by atoms with van der Waals surface area (Å²) in [5.41, 5.74) is 0.333. The zero-order valence-corrected chi connectivity index (χ0v) is 10.7. The van der Waals surface area contributed by atoms with Crippen LogP contribution in [0.4, 0.5) is 10.1 Å². The molecule has 0 fully saturated rings. The summed E-state index contributed by atoms with van der Waals surface area (Å²) in [6.45, 7) is 0. The highest BCUT2D eigenvalue weighted by Gasteiger charge is 2.15. The summed E-state index contributed by atoms with van der Waals surface area (Å²) in [7, 11) is 1.52. The van der Waals surface area contributed by atoms with Crippen LogP contribution in [0.5, 0.6) is 5.75 Å². The first-order valence-electron chi connectivity index (χ1n) is 5.37. The molecule has 98 valence electrons. The summed E-state index contributed by atoms with van der Waals surface area (Å²) in [5.74, 6) is -0.856. The molecule has 0 radical (unpaired) electrons. The maximum atomic E-state index is 13.6. The Hall–Kier alpha value is -2.14. The minimum atomic E-state index is -0.843. The molecule has 1 aromatic heterocycles. The first-order valence-corrected chi connectivity index (χ1v) is 5.75. The van der Waals surface area contributed by atoms with Crippen LogP contribution in [0.15, 0.2) is 36.5 Å². The third-order valence-electron chi connectivity index (χ3n) is 2.42. The van der Waals surface area contributed by atoms with E-state index in [9.17, 15) is 9.18 Å². The Labute approximate surface area is 114 Å². The van der Waals surface area contributed by atoms with Crippen molar-refractivity contribution in [1.29, 1.82) is 0 Å². The van der Waals surface area contributed by atoms with E-state index in [2.05, 4.69) is 10.3 Å². The molecule has 1 heterocycles. The standard InChI is InChI=1S/C13H10ClFN2O2/c1-19-9-4-2-3-8(7-9)17-13(18)10-5-6-16-12(14)11(10)15/h2-7H,1H3,(H,17,18). The minimum absolute atomic E-state index is 0.164. The molecular weight excluding hydrogens is 271 g/mol. The van der Waals surface area contributed by atoms with Crippen molar-refractivity contribution in [3.05, 3.63) is 53.1 Å². The van der Waals surface area contributed by atoms with Crippen LogP contribution < -0.4 is 10.1 Å². The zero-order valence-electron chi connectivity index (χ0n) is 9.98. The predicted octanol–water partition coefficient (Wildman–Crippen LogP) is 3.14. The Bertz CT molecular complexity index is 619. The van der Waals surface area contributed by atoms with E-state index in [4.69, 9.17) is 16.3 Å². The number of carbonyl (C=O) groups excluding carboxylic acids is 1. The lowest BCUT2D eigenvalue weighted by Crippen LogP contribution is -2.14. The Morgan fingerprint density at radius 2 is 2.21 bits per heavy atom. The van der Waals surface area contributed by atoms with Gasteiger partial charge >= 0.3 is 0 Å². The number of rotatable bonds is 3. The Morgan fingerprint density at radius 1 is 1.42 bits per heavy atom. The van der Waals surface area contributed by atoms with Crippen LogP contribution in [0.2, 0.25) is 5.15 Å². The van der Waals surface area contributed by atoms with Gasteiger partial charge in [0, 0.05) is 18.0 Å². The number of anilines is 1. The number of hydrogen-bond acceptors (Lipinski definition) is 3. The van der Waals surface area contributed by atoms with Gasteiger partial charge in [0.05, 0.1) is 12.7 Å². The molecule has 0 aliphatic heterocycles. The fourth-order valence-corrected chi connectivity index (χ4v) is 1.65. The van der Waals surface area contributed by atoms with Crippen LogP contribution in [0, 0.1) is 5.82 Å². The van der Waals surface area contributed by atoms with Crippen LogP contribution in [-0.4, -0.2) is 18.0 Å². The molecule has 0 bridgehead atoms. The molecule has 2 aromatic rings. The molecule has 0 atom stereocenters. The smallest absolute Gasteiger partial charge is 0.258 e. The van der Waals surface area contributed by atoms with Crippen molar-refractivity contribution in [2.24, 2.45) is 0 Å². The second-order valence-corrected chi connectivity index (χ2v) is 4.01. The quantitative estimate of drug-likeness (QED) is 0.879. The van der Waals surface area contributed by atoms with Gasteiger partial charge in [-0.1, -0.05) is 17.7 Å². The topological polar surface area (TPSA) is 51.2 Å². The van der Waals surface area contributed by atoms with Gasteiger partial charge < -0.3 is 10.1 Å². The van der Waals surface area contributed by atoms with Crippen molar-refractivity contribution < 1.29 is 13.9 Å². The van der Waals surface area contributed by atoms with Gasteiger partial charge in [0.25, 0.3) is 5.91 Å². The highest BCUT2D eigenvalue weighted by Crippen LogP contribution is 2.19. The molecule has 19 heavy (non-hydrogen) atoms. The van der Waals surface area contributed by atoms with Crippen molar-refractivity contribution >= 4 is 23.2 Å². The van der Waals surface area contributed by atoms with Crippen LogP contribution in [0.25, 0.3) is 0 Å². The van der Waals surface area contributed by atoms with Crippen molar-refractivity contribution in [3.8, 4) is 5.75 Å². The number of amides is 1. The molecular formula is C13H10ClFN2O2. The van der Waals surface area contributed by atoms with E-state index in [0.717, 1.165) is 0 Å². The number of nitrogens with one attached hydrogen (secondary N) is 1. The van der Waals surface area contributed by atoms with Gasteiger partial charge in [-0.3, -0.25) is 4.79 Å². The normalized spacial score (nSPS) is 10.1. The van der Waals surface area contributed by atoms with E-state index in [1.165, 1.54) is 19.4 Å². The average Bonchev–Trinajstić information content (AvgIpc) is 2.42. The molecule has 0 spiro atoms. The first kappa shape index (κ1) is 13.3. The highest BCUT2D eigenvalue weighted by molar-refractivity contribution is 6.30. The van der Waals surface area contributed by atoms with Crippen molar-refractivity contribution in [1.82, 2.24) is 4.98 Å². The van der Waals surface area contributed by atoms with Gasteiger partial charge in [-0.25, -0.2) is 9.37 Å². The first-order chi connectivity index (χ1) is 9.11. The summed E-state index contributed by atoms with van der Waals surface area (Å²) >= 11 is 5.52. The molecule has 0 saturated carbocycles. The fourth-order valence-electron chi connectivity index (χ4n) is 1.49. The van der Waals surface area contributed by atoms with E-state index >= 15 is 0 Å². The van der Waals surface area contributed by atoms with Crippen LogP contribution in [0.1, 0.15) is 10.4 Å². The van der Waals surface area contributed by atoms with Gasteiger partial charge in [-0.15, -0.1) is 0 Å². The number of carbonyl (C=O) groups is 1. The third-order valence-corrected chi connectivity index (χ3v) is 2.68. The summed E-state index contributed by atoms with van der Waals surface area (Å²) < 4.78 is 18.6. The van der Waals surface area contributed by atoms with Gasteiger partial charge in [-0.2, -0.15) is 0 Å². The summed E-state index contributed by atoms with van der Waals surface area (Å²) in [4.78, 5) is 15.5. The number of nitrogens with zero attached hydrogens (tertiary/aromatic N) is 1. The van der Waals surface area contributed by atoms with E-state index in [1.54, 1.807) is 24.3 Å². The SMILES string of the molecule is COc1cccc(NC(=O)c2ccnc(Cl)c2F)c1. The van der Waals surface area contributed by atoms with Gasteiger partial charge in [0.1, 0.15) is 5.75 Å². The molecule has 2 rings (SSSR count). The molecule has 1 N–H and O–H groups in total. The summed E-state index contributed by atoms with van der Waals surface area (Å²) in [6.07, 6.45) is 1.27. The number of halogens is 2. The summed E-state index contributed by atoms with van der Waals surface area (Å²) in [6, 6.07) is 8.00. The van der Waals surface area contributed by atoms with Crippen LogP contribution in [-0.2, 0) is 0 Å². The lowest BCUT2D eigenvalue weighted by Gasteiger charge is -2.07. The second kappa shape index (κ2) is 5.67. The maximum absolute atomic E-state index is 13.6. The number of benzene rings is 1. The van der Waals surface area contributed by atoms with Crippen molar-refractivity contribution in [3.63, 3.8) is 0 Å². The predicted molar refractivity (Wildman–Crippen MR) is 70.2 cm³/mol. The molecule has 0 aliphatic rings. The molecule has 1 aromatic carbocycles. The van der Waals surface area contributed by atoms with E-state index in [1.807, 2.05) is 0 Å². The average molecular weight is 281 g/mol. The maximum Gasteiger partial charge on any atom is 0.258 e. The fraction of sp³-hybridized carbons (Fsp3) is 0.0769. The minimum Gasteiger partial charge on any atom is -0.497 e. The number of aromatic nitrogens is 1. The van der Waals surface area contributed by atoms with Gasteiger partial charge in [0.15, 0.2) is 11.0 Å². The molecule has 1 amide bonds. The van der Waals surface area contributed by atoms with Crippen LogP contribution in [0.3, 0.4) is 0 Å². The molecule has 4 nitrogen and oxygen atoms in total. The lowest BCUT2D eigenvalue weighted by molar-refractivity contribution is 0.102. The number of ether oxygens (including phenoxy) is 1. The number of pyridine rings is 1. The highest BCUT2D eigenvalue weighted by atomic mass is 35.5. The van der Waals surface area contributed by atoms with Crippen molar-refractivity contribution in [2.45, 2.75) is 0 Å². The third kappa shape index (κ3) is 3.00. The van der Waals surface area contributed by atoms with E-state index in [-0.39, 0.29) is 10.7 Å². The number of methoxy groups -OCH3 is 1. The molecule has 0 unspecified atom stereocenters. The van der Waals surface area contributed by atoms with Gasteiger partial charge in [-0.05, 0) is 18.2 Å². The van der Waals surface area contributed by atoms with Crippen molar-refractivity contribution in [2.75, 3.05) is 12.4 Å². The van der Waals surface area contributed by atoms with E-state index in [0.29, 0.717) is 11.4 Å². The molecule has 0 aliphatic carbocycles. The second-order valence-electron chi connectivity index (χ2n) is 3.65. The summed E-state index contributed by atoms with van der Waals surface area (Å²) in [5, 5.41) is 2.22. The molecule has 6 heteroatoms. The Morgan fingerprint density at radius 3 is 2.95 bits per heavy atom. The molecule has 0 saturated heterocycles. The Kier molecular flexibility index (Phi) is 3.97. The number of hydrogen-bond donors (Lipinski definition) is 1. The van der Waals surface area contributed by atoms with E-state index < -0.39 is 11.7 Å². The zero-order chi connectivity index (χ0) is 13.8. The monoisotopic (exact) mass is 280 g/mol. The largest absolute Gasteiger partial charge is 0.497 e. The van der Waals surface area contributed by atoms with Crippen LogP contribution >= 0.6 is 11.6 Å². The van der Waals surface area contributed by atoms with Gasteiger partial charge in [0.2, 0.25) is 0 Å². The Balaban J connectivity index is 2.23. The lowest BCUT2D eigenvalue weighted by atomic mass is 10.2.